The fraction of sp³-hybridized carbons (Fsp3) is 0.167. The van der Waals surface area contributed by atoms with Crippen molar-refractivity contribution in [3.8, 4) is 10.7 Å². The fourth-order valence-corrected chi connectivity index (χ4v) is 3.21. The summed E-state index contributed by atoms with van der Waals surface area (Å²) in [4.78, 5) is 13.8. The second-order valence-corrected chi connectivity index (χ2v) is 5.04. The van der Waals surface area contributed by atoms with Crippen molar-refractivity contribution in [1.29, 1.82) is 0 Å². The quantitative estimate of drug-likeness (QED) is 0.691. The van der Waals surface area contributed by atoms with Crippen molar-refractivity contribution < 1.29 is 0 Å². The van der Waals surface area contributed by atoms with Crippen LogP contribution in [0.5, 0.6) is 0 Å². The highest BCUT2D eigenvalue weighted by molar-refractivity contribution is 7.22. The van der Waals surface area contributed by atoms with Gasteiger partial charge >= 0.3 is 0 Å². The monoisotopic (exact) mass is 244 g/mol. The Morgan fingerprint density at radius 1 is 1.35 bits per heavy atom. The first-order valence-electron chi connectivity index (χ1n) is 5.33. The summed E-state index contributed by atoms with van der Waals surface area (Å²) < 4.78 is 0. The highest BCUT2D eigenvalue weighted by atomic mass is 32.1. The third-order valence-electron chi connectivity index (χ3n) is 2.74. The number of imidazole rings is 1. The van der Waals surface area contributed by atoms with Crippen molar-refractivity contribution in [3.05, 3.63) is 29.7 Å². The molecule has 0 amide bonds. The summed E-state index contributed by atoms with van der Waals surface area (Å²) in [7, 11) is 0. The summed E-state index contributed by atoms with van der Waals surface area (Å²) in [6.45, 7) is 4.06. The van der Waals surface area contributed by atoms with Crippen molar-refractivity contribution in [2.45, 2.75) is 13.8 Å². The van der Waals surface area contributed by atoms with E-state index in [1.54, 1.807) is 23.7 Å². The van der Waals surface area contributed by atoms with E-state index in [1.807, 2.05) is 6.92 Å². The van der Waals surface area contributed by atoms with E-state index in [-0.39, 0.29) is 0 Å². The number of pyridine rings is 1. The molecule has 0 aliphatic carbocycles. The van der Waals surface area contributed by atoms with E-state index in [0.717, 1.165) is 32.3 Å². The molecular weight excluding hydrogens is 232 g/mol. The molecule has 0 radical (unpaired) electrons. The molecule has 0 aromatic carbocycles. The molecule has 0 aliphatic heterocycles. The Kier molecular flexibility index (Phi) is 2.16. The largest absolute Gasteiger partial charge is 0.397 e. The molecule has 0 aliphatic rings. The molecule has 17 heavy (non-hydrogen) atoms. The summed E-state index contributed by atoms with van der Waals surface area (Å²) in [6, 6.07) is 2.05. The van der Waals surface area contributed by atoms with Crippen LogP contribution in [0, 0.1) is 13.8 Å². The maximum Gasteiger partial charge on any atom is 0.149 e. The number of anilines is 1. The Hall–Kier alpha value is -1.88. The van der Waals surface area contributed by atoms with Crippen molar-refractivity contribution >= 4 is 27.2 Å². The average Bonchev–Trinajstić information content (AvgIpc) is 2.85. The van der Waals surface area contributed by atoms with Crippen molar-refractivity contribution in [2.24, 2.45) is 0 Å². The van der Waals surface area contributed by atoms with E-state index in [9.17, 15) is 0 Å². The van der Waals surface area contributed by atoms with E-state index in [0.29, 0.717) is 0 Å². The lowest BCUT2D eigenvalue weighted by Crippen LogP contribution is -1.89. The van der Waals surface area contributed by atoms with Gasteiger partial charge in [0.1, 0.15) is 10.7 Å². The van der Waals surface area contributed by atoms with E-state index in [1.165, 1.54) is 5.56 Å². The maximum absolute atomic E-state index is 6.19. The molecule has 0 atom stereocenters. The van der Waals surface area contributed by atoms with Crippen LogP contribution in [-0.4, -0.2) is 15.0 Å². The number of H-pyrrole nitrogens is 1. The number of nitrogens with one attached hydrogen (secondary N) is 1. The summed E-state index contributed by atoms with van der Waals surface area (Å²) in [5.74, 6) is 0.808. The Balaban J connectivity index is 2.36. The predicted molar refractivity (Wildman–Crippen MR) is 71.1 cm³/mol. The zero-order valence-corrected chi connectivity index (χ0v) is 10.4. The van der Waals surface area contributed by atoms with Crippen molar-refractivity contribution in [3.63, 3.8) is 0 Å². The Bertz CT molecular complexity index is 682. The molecular formula is C12H12N4S. The van der Waals surface area contributed by atoms with Crippen molar-refractivity contribution in [1.82, 2.24) is 15.0 Å². The fourth-order valence-electron chi connectivity index (χ4n) is 2.03. The third kappa shape index (κ3) is 1.51. The molecule has 3 aromatic heterocycles. The van der Waals surface area contributed by atoms with Gasteiger partial charge in [-0.15, -0.1) is 11.3 Å². The van der Waals surface area contributed by atoms with Gasteiger partial charge in [0.25, 0.3) is 0 Å². The van der Waals surface area contributed by atoms with Gasteiger partial charge in [-0.2, -0.15) is 0 Å². The van der Waals surface area contributed by atoms with Crippen LogP contribution in [0.2, 0.25) is 0 Å². The van der Waals surface area contributed by atoms with E-state index >= 15 is 0 Å². The number of fused-ring (bicyclic) bond motifs is 1. The van der Waals surface area contributed by atoms with Crippen LogP contribution >= 0.6 is 11.3 Å². The number of hydrogen-bond donors (Lipinski definition) is 2. The van der Waals surface area contributed by atoms with Gasteiger partial charge in [-0.25, -0.2) is 9.97 Å². The number of aromatic nitrogens is 3. The van der Waals surface area contributed by atoms with E-state index < -0.39 is 0 Å². The van der Waals surface area contributed by atoms with Crippen LogP contribution in [0.3, 0.4) is 0 Å². The highest BCUT2D eigenvalue weighted by Crippen LogP contribution is 2.39. The van der Waals surface area contributed by atoms with Gasteiger partial charge in [0.15, 0.2) is 0 Å². The Morgan fingerprint density at radius 3 is 2.88 bits per heavy atom. The maximum atomic E-state index is 6.19. The normalized spacial score (nSPS) is 11.2. The molecule has 86 valence electrons. The molecule has 0 saturated heterocycles. The molecule has 0 fully saturated rings. The number of aromatic amines is 1. The average molecular weight is 244 g/mol. The van der Waals surface area contributed by atoms with Crippen LogP contribution in [0.4, 0.5) is 5.69 Å². The van der Waals surface area contributed by atoms with Gasteiger partial charge in [-0.1, -0.05) is 0 Å². The number of aryl methyl sites for hydroxylation is 2. The predicted octanol–water partition coefficient (Wildman–Crippen LogP) is 2.89. The minimum Gasteiger partial charge on any atom is -0.397 e. The van der Waals surface area contributed by atoms with Crippen LogP contribution in [0.15, 0.2) is 18.5 Å². The van der Waals surface area contributed by atoms with E-state index in [4.69, 9.17) is 5.73 Å². The second-order valence-electron chi connectivity index (χ2n) is 4.04. The van der Waals surface area contributed by atoms with Crippen LogP contribution in [0.1, 0.15) is 11.3 Å². The van der Waals surface area contributed by atoms with Crippen LogP contribution in [0.25, 0.3) is 20.9 Å². The first-order valence-corrected chi connectivity index (χ1v) is 6.14. The number of nitrogen functional groups attached to an aromatic ring is 1. The van der Waals surface area contributed by atoms with Gasteiger partial charge in [-0.05, 0) is 25.5 Å². The molecule has 3 N–H and O–H groups in total. The molecule has 3 aromatic rings. The smallest absolute Gasteiger partial charge is 0.149 e. The van der Waals surface area contributed by atoms with E-state index in [2.05, 4.69) is 27.9 Å². The molecule has 3 rings (SSSR count). The Morgan fingerprint density at radius 2 is 2.18 bits per heavy atom. The van der Waals surface area contributed by atoms with Crippen LogP contribution < -0.4 is 5.73 Å². The lowest BCUT2D eigenvalue weighted by Gasteiger charge is -1.99. The van der Waals surface area contributed by atoms with Gasteiger partial charge < -0.3 is 10.7 Å². The first-order chi connectivity index (χ1) is 8.16. The summed E-state index contributed by atoms with van der Waals surface area (Å²) in [6.07, 6.45) is 3.52. The number of rotatable bonds is 1. The SMILES string of the molecule is Cc1cc(C)c2c(N)c(-c3ncc[nH]3)sc2n1. The Labute approximate surface area is 103 Å². The second kappa shape index (κ2) is 3.56. The van der Waals surface area contributed by atoms with Gasteiger partial charge in [0.2, 0.25) is 0 Å². The highest BCUT2D eigenvalue weighted by Gasteiger charge is 2.15. The molecule has 0 saturated carbocycles. The summed E-state index contributed by atoms with van der Waals surface area (Å²) >= 11 is 1.58. The minimum absolute atomic E-state index is 0.768. The van der Waals surface area contributed by atoms with Gasteiger partial charge in [-0.3, -0.25) is 0 Å². The lowest BCUT2D eigenvalue weighted by molar-refractivity contribution is 1.25. The zero-order valence-electron chi connectivity index (χ0n) is 9.61. The molecule has 4 nitrogen and oxygen atoms in total. The number of thiophene rings is 1. The first kappa shape index (κ1) is 10.3. The zero-order chi connectivity index (χ0) is 12.0. The molecule has 0 unspecified atom stereocenters. The molecule has 0 spiro atoms. The number of nitrogens with zero attached hydrogens (tertiary/aromatic N) is 2. The number of nitrogens with two attached hydrogens (primary N) is 1. The third-order valence-corrected chi connectivity index (χ3v) is 3.84. The summed E-state index contributed by atoms with van der Waals surface area (Å²) in [5.41, 5.74) is 9.14. The number of hydrogen-bond acceptors (Lipinski definition) is 4. The molecule has 3 heterocycles. The van der Waals surface area contributed by atoms with Crippen molar-refractivity contribution in [2.75, 3.05) is 5.73 Å². The molecule has 0 bridgehead atoms. The minimum atomic E-state index is 0.768. The standard InChI is InChI=1S/C12H12N4S/c1-6-5-7(2)16-12-8(6)9(13)10(17-12)11-14-3-4-15-11/h3-5H,13H2,1-2H3,(H,14,15). The van der Waals surface area contributed by atoms with Crippen LogP contribution in [-0.2, 0) is 0 Å². The topological polar surface area (TPSA) is 67.6 Å². The summed E-state index contributed by atoms with van der Waals surface area (Å²) in [5, 5.41) is 1.05. The molecule has 5 heteroatoms. The van der Waals surface area contributed by atoms with Gasteiger partial charge in [0.05, 0.1) is 10.6 Å². The lowest BCUT2D eigenvalue weighted by atomic mass is 10.1. The van der Waals surface area contributed by atoms with Gasteiger partial charge in [0, 0.05) is 23.5 Å².